The quantitative estimate of drug-likeness (QED) is 0.519. The lowest BCUT2D eigenvalue weighted by Gasteiger charge is -2.30. The van der Waals surface area contributed by atoms with E-state index < -0.39 is 27.9 Å². The second-order valence-corrected chi connectivity index (χ2v) is 10.1. The predicted octanol–water partition coefficient (Wildman–Crippen LogP) is 2.49. The predicted molar refractivity (Wildman–Crippen MR) is 124 cm³/mol. The lowest BCUT2D eigenvalue weighted by atomic mass is 10.1. The molecular weight excluding hydrogens is 476 g/mol. The van der Waals surface area contributed by atoms with Gasteiger partial charge in [0.2, 0.25) is 9.84 Å². The van der Waals surface area contributed by atoms with E-state index in [1.54, 1.807) is 41.3 Å². The summed E-state index contributed by atoms with van der Waals surface area (Å²) in [6.07, 6.45) is 2.53. The van der Waals surface area contributed by atoms with E-state index in [1.165, 1.54) is 0 Å². The van der Waals surface area contributed by atoms with Crippen molar-refractivity contribution in [1.29, 1.82) is 0 Å². The van der Waals surface area contributed by atoms with Gasteiger partial charge in [-0.25, -0.2) is 22.8 Å². The third-order valence-electron chi connectivity index (χ3n) is 6.17. The highest BCUT2D eigenvalue weighted by Crippen LogP contribution is 2.47. The molecule has 10 nitrogen and oxygen atoms in total. The molecule has 0 saturated carbocycles. The zero-order chi connectivity index (χ0) is 25.2. The number of benzene rings is 2. The van der Waals surface area contributed by atoms with Crippen LogP contribution in [0.5, 0.6) is 5.75 Å². The first kappa shape index (κ1) is 24.4. The molecule has 6 rings (SSSR count). The van der Waals surface area contributed by atoms with Crippen LogP contribution < -0.4 is 4.74 Å². The minimum absolute atomic E-state index is 0.0995. The zero-order valence-electron chi connectivity index (χ0n) is 18.7. The number of ether oxygens (including phenoxy) is 1. The summed E-state index contributed by atoms with van der Waals surface area (Å²) in [5, 5.41) is 15.6. The lowest BCUT2D eigenvalue weighted by Crippen LogP contribution is -2.43. The van der Waals surface area contributed by atoms with Gasteiger partial charge in [0.25, 0.3) is 0 Å². The van der Waals surface area contributed by atoms with Crippen molar-refractivity contribution in [1.82, 2.24) is 9.80 Å². The minimum atomic E-state index is -3.69. The maximum Gasteiger partial charge on any atom is 0.415 e. The molecule has 184 valence electrons. The van der Waals surface area contributed by atoms with E-state index in [0.717, 1.165) is 32.5 Å². The molecule has 2 aromatic rings. The van der Waals surface area contributed by atoms with E-state index >= 15 is 0 Å². The number of hydrogen-bond acceptors (Lipinski definition) is 7. The van der Waals surface area contributed by atoms with Crippen LogP contribution in [0, 0.1) is 0 Å². The van der Waals surface area contributed by atoms with Gasteiger partial charge in [-0.05, 0) is 25.0 Å². The maximum absolute atomic E-state index is 13.0. The Bertz CT molecular complexity index is 1280. The number of hydrogen-bond donors (Lipinski definition) is 2. The molecular formula is C24H24N2O8S. The standard InChI is InChI=1S/C20H20N2O4S.C4H4O4/c23-20(22-13-12-21-10-8-14(22)9-11-21)26-17-6-3-5-16-15-4-1-2-7-18(15)27(24,25)19(16)17;5-3(6)1-2-4(7)8/h1-7,14H,8-13H2;1-2H,(H,5,6)(H,7,8)/b;2-1+. The van der Waals surface area contributed by atoms with Crippen LogP contribution in [0.4, 0.5) is 4.79 Å². The molecule has 0 unspecified atom stereocenters. The average molecular weight is 501 g/mol. The van der Waals surface area contributed by atoms with E-state index in [4.69, 9.17) is 14.9 Å². The molecule has 4 heterocycles. The Hall–Kier alpha value is -3.70. The first-order valence-electron chi connectivity index (χ1n) is 11.0. The molecule has 3 saturated heterocycles. The monoisotopic (exact) mass is 500 g/mol. The van der Waals surface area contributed by atoms with Gasteiger partial charge in [-0.3, -0.25) is 0 Å². The SMILES string of the molecule is O=C(O)/C=C/C(=O)O.O=C(Oc1cccc2c1S(=O)(=O)c1ccccc1-2)N1CCN2CCC1CC2. The molecule has 2 bridgehead atoms. The van der Waals surface area contributed by atoms with Crippen LogP contribution in [-0.2, 0) is 19.4 Å². The van der Waals surface area contributed by atoms with Gasteiger partial charge >= 0.3 is 18.0 Å². The Labute approximate surface area is 201 Å². The van der Waals surface area contributed by atoms with Gasteiger partial charge in [-0.1, -0.05) is 30.3 Å². The van der Waals surface area contributed by atoms with Crippen molar-refractivity contribution in [2.75, 3.05) is 26.2 Å². The molecule has 4 aliphatic rings. The van der Waals surface area contributed by atoms with Crippen LogP contribution in [0.15, 0.2) is 64.4 Å². The van der Waals surface area contributed by atoms with Gasteiger partial charge in [0.15, 0.2) is 5.75 Å². The van der Waals surface area contributed by atoms with Gasteiger partial charge in [0.05, 0.1) is 4.90 Å². The molecule has 2 aromatic carbocycles. The van der Waals surface area contributed by atoms with E-state index in [1.807, 2.05) is 6.07 Å². The number of nitrogens with zero attached hydrogens (tertiary/aromatic N) is 2. The Morgan fingerprint density at radius 2 is 1.49 bits per heavy atom. The molecule has 0 radical (unpaired) electrons. The van der Waals surface area contributed by atoms with Gasteiger partial charge in [0, 0.05) is 55.5 Å². The van der Waals surface area contributed by atoms with Crippen LogP contribution in [0.1, 0.15) is 12.8 Å². The summed E-state index contributed by atoms with van der Waals surface area (Å²) in [5.41, 5.74) is 1.26. The number of carbonyl (C=O) groups excluding carboxylic acids is 1. The van der Waals surface area contributed by atoms with Crippen molar-refractivity contribution < 1.29 is 37.8 Å². The van der Waals surface area contributed by atoms with Crippen molar-refractivity contribution in [2.24, 2.45) is 0 Å². The fraction of sp³-hybridized carbons (Fsp3) is 0.292. The molecule has 35 heavy (non-hydrogen) atoms. The number of sulfone groups is 1. The van der Waals surface area contributed by atoms with Crippen LogP contribution in [0.3, 0.4) is 0 Å². The molecule has 1 amide bonds. The van der Waals surface area contributed by atoms with Gasteiger partial charge < -0.3 is 24.7 Å². The van der Waals surface area contributed by atoms with Crippen LogP contribution >= 0.6 is 0 Å². The number of carboxylic acids is 2. The summed E-state index contributed by atoms with van der Waals surface area (Å²) in [6, 6.07) is 12.1. The third kappa shape index (κ3) is 5.05. The molecule has 3 fully saturated rings. The molecule has 4 aliphatic heterocycles. The fourth-order valence-electron chi connectivity index (χ4n) is 4.54. The summed E-state index contributed by atoms with van der Waals surface area (Å²) in [6.45, 7) is 3.45. The van der Waals surface area contributed by atoms with E-state index in [2.05, 4.69) is 4.90 Å². The number of fused-ring (bicyclic) bond motifs is 7. The average Bonchev–Trinajstić information content (AvgIpc) is 3.02. The van der Waals surface area contributed by atoms with Crippen LogP contribution in [0.2, 0.25) is 0 Å². The van der Waals surface area contributed by atoms with Gasteiger partial charge in [0.1, 0.15) is 4.90 Å². The van der Waals surface area contributed by atoms with Crippen molar-refractivity contribution in [3.05, 3.63) is 54.6 Å². The maximum atomic E-state index is 13.0. The smallest absolute Gasteiger partial charge is 0.415 e. The molecule has 11 heteroatoms. The largest absolute Gasteiger partial charge is 0.478 e. The Morgan fingerprint density at radius 1 is 0.857 bits per heavy atom. The third-order valence-corrected chi connectivity index (χ3v) is 8.06. The Kier molecular flexibility index (Phi) is 6.90. The highest BCUT2D eigenvalue weighted by Gasteiger charge is 2.38. The summed E-state index contributed by atoms with van der Waals surface area (Å²) in [4.78, 5) is 36.5. The highest BCUT2D eigenvalue weighted by atomic mass is 32.2. The Morgan fingerprint density at radius 3 is 2.14 bits per heavy atom. The molecule has 0 aliphatic carbocycles. The summed E-state index contributed by atoms with van der Waals surface area (Å²) in [7, 11) is -3.69. The first-order valence-corrected chi connectivity index (χ1v) is 12.5. The molecule has 2 N–H and O–H groups in total. The number of piperidine rings is 1. The second-order valence-electron chi connectivity index (χ2n) is 8.28. The van der Waals surface area contributed by atoms with Crippen LogP contribution in [0.25, 0.3) is 11.1 Å². The van der Waals surface area contributed by atoms with Crippen molar-refractivity contribution in [3.8, 4) is 16.9 Å². The van der Waals surface area contributed by atoms with E-state index in [-0.39, 0.29) is 21.6 Å². The van der Waals surface area contributed by atoms with E-state index in [9.17, 15) is 22.8 Å². The van der Waals surface area contributed by atoms with E-state index in [0.29, 0.717) is 29.8 Å². The van der Waals surface area contributed by atoms with Crippen LogP contribution in [-0.4, -0.2) is 78.7 Å². The summed E-state index contributed by atoms with van der Waals surface area (Å²) in [5.74, 6) is -2.40. The molecule has 0 aromatic heterocycles. The number of carbonyl (C=O) groups is 3. The Balaban J connectivity index is 0.000000314. The van der Waals surface area contributed by atoms with Crippen molar-refractivity contribution in [2.45, 2.75) is 28.7 Å². The van der Waals surface area contributed by atoms with Crippen molar-refractivity contribution in [3.63, 3.8) is 0 Å². The number of rotatable bonds is 3. The van der Waals surface area contributed by atoms with Crippen molar-refractivity contribution >= 4 is 27.9 Å². The number of carboxylic acid groups (broad SMARTS) is 2. The first-order chi connectivity index (χ1) is 16.7. The highest BCUT2D eigenvalue weighted by molar-refractivity contribution is 7.92. The number of amides is 1. The topological polar surface area (TPSA) is 142 Å². The lowest BCUT2D eigenvalue weighted by molar-refractivity contribution is -0.134. The summed E-state index contributed by atoms with van der Waals surface area (Å²) < 4.78 is 31.7. The molecule has 0 spiro atoms. The van der Waals surface area contributed by atoms with Gasteiger partial charge in [-0.15, -0.1) is 0 Å². The normalized spacial score (nSPS) is 21.3. The second kappa shape index (κ2) is 9.88. The fourth-order valence-corrected chi connectivity index (χ4v) is 6.33. The zero-order valence-corrected chi connectivity index (χ0v) is 19.5. The molecule has 0 atom stereocenters. The number of aliphatic carboxylic acids is 2. The summed E-state index contributed by atoms with van der Waals surface area (Å²) >= 11 is 0. The minimum Gasteiger partial charge on any atom is -0.478 e. The van der Waals surface area contributed by atoms with Gasteiger partial charge in [-0.2, -0.15) is 0 Å².